The van der Waals surface area contributed by atoms with Gasteiger partial charge in [-0.2, -0.15) is 5.10 Å². The van der Waals surface area contributed by atoms with E-state index in [0.29, 0.717) is 14.4 Å². The van der Waals surface area contributed by atoms with Gasteiger partial charge >= 0.3 is 5.69 Å². The summed E-state index contributed by atoms with van der Waals surface area (Å²) in [6.45, 7) is -0.377. The van der Waals surface area contributed by atoms with Crippen molar-refractivity contribution in [3.8, 4) is 0 Å². The van der Waals surface area contributed by atoms with Crippen molar-refractivity contribution in [3.63, 3.8) is 0 Å². The van der Waals surface area contributed by atoms with E-state index in [-0.39, 0.29) is 18.0 Å². The van der Waals surface area contributed by atoms with Crippen LogP contribution in [-0.2, 0) is 6.61 Å². The van der Waals surface area contributed by atoms with Crippen LogP contribution >= 0.6 is 8.73 Å². The standard InChI is InChI=1S/C7H10N3O3P/c11-4-6-7(10(12)13)3-9(8-6)14-5-1-2-5/h3,5,11,14H,1-2,4H2. The average Bonchev–Trinajstić information content (AvgIpc) is 2.83. The number of hydrogen-bond acceptors (Lipinski definition) is 4. The summed E-state index contributed by atoms with van der Waals surface area (Å²) >= 11 is 0. The van der Waals surface area contributed by atoms with E-state index >= 15 is 0 Å². The molecule has 0 aromatic carbocycles. The summed E-state index contributed by atoms with van der Waals surface area (Å²) < 4.78 is 1.58. The van der Waals surface area contributed by atoms with E-state index in [0.717, 1.165) is 0 Å². The molecule has 1 fully saturated rings. The van der Waals surface area contributed by atoms with Crippen LogP contribution in [0.3, 0.4) is 0 Å². The van der Waals surface area contributed by atoms with Crippen LogP contribution in [0, 0.1) is 10.1 Å². The van der Waals surface area contributed by atoms with Gasteiger partial charge in [0.25, 0.3) is 0 Å². The zero-order valence-electron chi connectivity index (χ0n) is 7.38. The summed E-state index contributed by atoms with van der Waals surface area (Å²) in [6.07, 6.45) is 3.77. The Labute approximate surface area is 81.9 Å². The van der Waals surface area contributed by atoms with Gasteiger partial charge in [-0.3, -0.25) is 10.1 Å². The molecule has 6 nitrogen and oxygen atoms in total. The van der Waals surface area contributed by atoms with Crippen LogP contribution < -0.4 is 0 Å². The zero-order chi connectivity index (χ0) is 10.1. The molecule has 1 aliphatic rings. The predicted octanol–water partition coefficient (Wildman–Crippen LogP) is 0.888. The van der Waals surface area contributed by atoms with Gasteiger partial charge in [0.1, 0.15) is 6.20 Å². The molecule has 14 heavy (non-hydrogen) atoms. The lowest BCUT2D eigenvalue weighted by molar-refractivity contribution is -0.385. The fraction of sp³-hybridized carbons (Fsp3) is 0.571. The topological polar surface area (TPSA) is 81.2 Å². The average molecular weight is 215 g/mol. The number of rotatable bonds is 4. The Morgan fingerprint density at radius 1 is 1.79 bits per heavy atom. The van der Waals surface area contributed by atoms with Gasteiger partial charge in [-0.25, -0.2) is 4.45 Å². The normalized spacial score (nSPS) is 16.6. The molecule has 0 radical (unpaired) electrons. The largest absolute Gasteiger partial charge is 0.390 e. The van der Waals surface area contributed by atoms with Gasteiger partial charge in [-0.15, -0.1) is 0 Å². The molecule has 0 amide bonds. The summed E-state index contributed by atoms with van der Waals surface area (Å²) in [5, 5.41) is 23.4. The molecule has 1 aliphatic carbocycles. The van der Waals surface area contributed by atoms with Crippen molar-refractivity contribution in [2.45, 2.75) is 25.1 Å². The van der Waals surface area contributed by atoms with Gasteiger partial charge in [0, 0.05) is 8.73 Å². The molecule has 1 unspecified atom stereocenters. The second-order valence-corrected chi connectivity index (χ2v) is 4.76. The highest BCUT2D eigenvalue weighted by Gasteiger charge is 2.25. The van der Waals surface area contributed by atoms with Gasteiger partial charge in [-0.1, -0.05) is 0 Å². The van der Waals surface area contributed by atoms with Crippen LogP contribution in [-0.4, -0.2) is 25.2 Å². The smallest absolute Gasteiger partial charge is 0.312 e. The van der Waals surface area contributed by atoms with Crippen molar-refractivity contribution in [1.29, 1.82) is 0 Å². The van der Waals surface area contributed by atoms with Crippen molar-refractivity contribution in [3.05, 3.63) is 22.0 Å². The molecule has 0 spiro atoms. The Balaban J connectivity index is 2.20. The van der Waals surface area contributed by atoms with Crippen molar-refractivity contribution in [2.24, 2.45) is 0 Å². The predicted molar refractivity (Wildman–Crippen MR) is 51.5 cm³/mol. The minimum Gasteiger partial charge on any atom is -0.390 e. The minimum absolute atomic E-state index is 0.0827. The Morgan fingerprint density at radius 2 is 2.50 bits per heavy atom. The van der Waals surface area contributed by atoms with Gasteiger partial charge in [0.2, 0.25) is 0 Å². The van der Waals surface area contributed by atoms with Crippen molar-refractivity contribution in [1.82, 2.24) is 9.55 Å². The van der Waals surface area contributed by atoms with E-state index in [2.05, 4.69) is 5.10 Å². The summed E-state index contributed by atoms with van der Waals surface area (Å²) in [6, 6.07) is 0. The lowest BCUT2D eigenvalue weighted by Gasteiger charge is -1.95. The van der Waals surface area contributed by atoms with Gasteiger partial charge in [-0.05, 0) is 18.5 Å². The Bertz CT molecular complexity index is 361. The maximum atomic E-state index is 10.5. The highest BCUT2D eigenvalue weighted by Crippen LogP contribution is 2.40. The molecule has 0 aliphatic heterocycles. The Hall–Kier alpha value is -1.00. The first-order valence-electron chi connectivity index (χ1n) is 4.31. The van der Waals surface area contributed by atoms with E-state index in [9.17, 15) is 10.1 Å². The summed E-state index contributed by atoms with van der Waals surface area (Å²) in [4.78, 5) is 10.0. The molecule has 1 aromatic heterocycles. The number of aliphatic hydroxyl groups is 1. The van der Waals surface area contributed by atoms with E-state index in [1.54, 1.807) is 4.45 Å². The van der Waals surface area contributed by atoms with Crippen LogP contribution in [0.15, 0.2) is 6.20 Å². The van der Waals surface area contributed by atoms with Gasteiger partial charge < -0.3 is 5.11 Å². The van der Waals surface area contributed by atoms with Crippen LogP contribution in [0.1, 0.15) is 18.5 Å². The first kappa shape index (κ1) is 9.55. The highest BCUT2D eigenvalue weighted by atomic mass is 31.1. The number of nitrogens with zero attached hydrogens (tertiary/aromatic N) is 3. The van der Waals surface area contributed by atoms with E-state index in [1.165, 1.54) is 19.0 Å². The number of nitro groups is 1. The van der Waals surface area contributed by atoms with Crippen LogP contribution in [0.25, 0.3) is 0 Å². The van der Waals surface area contributed by atoms with E-state index < -0.39 is 4.92 Å². The van der Waals surface area contributed by atoms with Crippen molar-refractivity contribution < 1.29 is 10.0 Å². The number of aliphatic hydroxyl groups excluding tert-OH is 1. The first-order chi connectivity index (χ1) is 6.70. The first-order valence-corrected chi connectivity index (χ1v) is 5.33. The molecule has 2 rings (SSSR count). The molecule has 76 valence electrons. The summed E-state index contributed by atoms with van der Waals surface area (Å²) in [5.74, 6) is 0. The summed E-state index contributed by atoms with van der Waals surface area (Å²) in [7, 11) is 0.475. The van der Waals surface area contributed by atoms with Crippen molar-refractivity contribution in [2.75, 3.05) is 0 Å². The van der Waals surface area contributed by atoms with Crippen molar-refractivity contribution >= 4 is 14.4 Å². The highest BCUT2D eigenvalue weighted by molar-refractivity contribution is 7.37. The minimum atomic E-state index is -0.508. The molecule has 1 aromatic rings. The molecule has 0 saturated heterocycles. The Kier molecular flexibility index (Phi) is 2.48. The Morgan fingerprint density at radius 3 is 2.93 bits per heavy atom. The monoisotopic (exact) mass is 215 g/mol. The fourth-order valence-electron chi connectivity index (χ4n) is 1.13. The molecular formula is C7H10N3O3P. The van der Waals surface area contributed by atoms with Crippen LogP contribution in [0.4, 0.5) is 5.69 Å². The molecule has 7 heteroatoms. The molecule has 1 heterocycles. The molecule has 1 saturated carbocycles. The third-order valence-electron chi connectivity index (χ3n) is 2.01. The lowest BCUT2D eigenvalue weighted by Crippen LogP contribution is -1.92. The quantitative estimate of drug-likeness (QED) is 0.459. The number of aromatic nitrogens is 2. The molecule has 1 atom stereocenters. The molecule has 0 bridgehead atoms. The van der Waals surface area contributed by atoms with Crippen LogP contribution in [0.2, 0.25) is 0 Å². The molecule has 1 N–H and O–H groups in total. The van der Waals surface area contributed by atoms with Gasteiger partial charge in [0.05, 0.1) is 11.5 Å². The number of hydrogen-bond donors (Lipinski definition) is 1. The summed E-state index contributed by atoms with van der Waals surface area (Å²) in [5.41, 5.74) is 0.713. The van der Waals surface area contributed by atoms with E-state index in [1.807, 2.05) is 0 Å². The third-order valence-corrected chi connectivity index (χ3v) is 3.44. The SMILES string of the molecule is O=[N+]([O-])c1cn(PC2CC2)nc1CO. The zero-order valence-corrected chi connectivity index (χ0v) is 8.38. The molecular weight excluding hydrogens is 205 g/mol. The van der Waals surface area contributed by atoms with E-state index in [4.69, 9.17) is 5.11 Å². The van der Waals surface area contributed by atoms with Gasteiger partial charge in [0.15, 0.2) is 5.69 Å². The second-order valence-electron chi connectivity index (χ2n) is 3.22. The maximum Gasteiger partial charge on any atom is 0.312 e. The van der Waals surface area contributed by atoms with Crippen LogP contribution in [0.5, 0.6) is 0 Å². The second kappa shape index (κ2) is 3.63. The lowest BCUT2D eigenvalue weighted by atomic mass is 10.4. The fourth-order valence-corrected chi connectivity index (χ4v) is 2.31. The third kappa shape index (κ3) is 1.91. The maximum absolute atomic E-state index is 10.5.